The van der Waals surface area contributed by atoms with Crippen molar-refractivity contribution in [1.82, 2.24) is 20.9 Å². The minimum absolute atomic E-state index is 0. The number of amides is 3. The van der Waals surface area contributed by atoms with Crippen molar-refractivity contribution in [1.29, 1.82) is 0 Å². The van der Waals surface area contributed by atoms with Crippen LogP contribution in [0, 0.1) is 11.8 Å². The SMILES string of the molecule is CCN[C@H](C)CNC(=O)CC1CCCN(C(=O)NCC(C)C)C1.Cl. The summed E-state index contributed by atoms with van der Waals surface area (Å²) >= 11 is 0. The summed E-state index contributed by atoms with van der Waals surface area (Å²) in [6.45, 7) is 12.0. The minimum Gasteiger partial charge on any atom is -0.355 e. The molecule has 6 nitrogen and oxygen atoms in total. The average molecular weight is 363 g/mol. The lowest BCUT2D eigenvalue weighted by Crippen LogP contribution is -2.47. The van der Waals surface area contributed by atoms with Gasteiger partial charge in [-0.3, -0.25) is 4.79 Å². The van der Waals surface area contributed by atoms with E-state index in [1.165, 1.54) is 0 Å². The number of piperidine rings is 1. The van der Waals surface area contributed by atoms with E-state index in [9.17, 15) is 9.59 Å². The van der Waals surface area contributed by atoms with Crippen LogP contribution in [0.3, 0.4) is 0 Å². The Kier molecular flexibility index (Phi) is 11.8. The number of carbonyl (C=O) groups is 2. The van der Waals surface area contributed by atoms with Crippen molar-refractivity contribution in [3.05, 3.63) is 0 Å². The van der Waals surface area contributed by atoms with Gasteiger partial charge in [-0.2, -0.15) is 0 Å². The molecule has 0 aromatic heterocycles. The summed E-state index contributed by atoms with van der Waals surface area (Å²) in [4.78, 5) is 26.0. The highest BCUT2D eigenvalue weighted by Gasteiger charge is 2.25. The van der Waals surface area contributed by atoms with Gasteiger partial charge < -0.3 is 20.9 Å². The van der Waals surface area contributed by atoms with Crippen LogP contribution in [0.1, 0.15) is 47.0 Å². The Labute approximate surface area is 152 Å². The Balaban J connectivity index is 0.00000529. The van der Waals surface area contributed by atoms with Crippen molar-refractivity contribution < 1.29 is 9.59 Å². The first-order valence-corrected chi connectivity index (χ1v) is 8.95. The normalized spacial score (nSPS) is 18.7. The van der Waals surface area contributed by atoms with E-state index in [-0.39, 0.29) is 36.3 Å². The lowest BCUT2D eigenvalue weighted by atomic mass is 9.94. The molecule has 3 amide bonds. The number of urea groups is 1. The van der Waals surface area contributed by atoms with E-state index in [0.29, 0.717) is 32.0 Å². The van der Waals surface area contributed by atoms with Crippen molar-refractivity contribution in [2.45, 2.75) is 53.0 Å². The Morgan fingerprint density at radius 3 is 2.50 bits per heavy atom. The summed E-state index contributed by atoms with van der Waals surface area (Å²) in [7, 11) is 0. The lowest BCUT2D eigenvalue weighted by Gasteiger charge is -2.32. The fourth-order valence-corrected chi connectivity index (χ4v) is 2.84. The molecule has 1 heterocycles. The van der Waals surface area contributed by atoms with Gasteiger partial charge in [0.1, 0.15) is 0 Å². The smallest absolute Gasteiger partial charge is 0.317 e. The predicted molar refractivity (Wildman–Crippen MR) is 101 cm³/mol. The fourth-order valence-electron chi connectivity index (χ4n) is 2.84. The monoisotopic (exact) mass is 362 g/mol. The highest BCUT2D eigenvalue weighted by atomic mass is 35.5. The number of nitrogens with one attached hydrogen (secondary N) is 3. The van der Waals surface area contributed by atoms with Gasteiger partial charge in [0.25, 0.3) is 0 Å². The van der Waals surface area contributed by atoms with E-state index in [1.807, 2.05) is 4.90 Å². The number of nitrogens with zero attached hydrogens (tertiary/aromatic N) is 1. The highest BCUT2D eigenvalue weighted by Crippen LogP contribution is 2.19. The van der Waals surface area contributed by atoms with Gasteiger partial charge in [0.2, 0.25) is 5.91 Å². The third kappa shape index (κ3) is 9.33. The number of carbonyl (C=O) groups excluding carboxylic acids is 2. The molecule has 3 N–H and O–H groups in total. The van der Waals surface area contributed by atoms with Crippen LogP contribution in [0.25, 0.3) is 0 Å². The van der Waals surface area contributed by atoms with Crippen LogP contribution in [0.4, 0.5) is 4.79 Å². The first-order chi connectivity index (χ1) is 10.9. The largest absolute Gasteiger partial charge is 0.355 e. The maximum Gasteiger partial charge on any atom is 0.317 e. The molecule has 2 atom stereocenters. The topological polar surface area (TPSA) is 73.5 Å². The maximum absolute atomic E-state index is 12.1. The average Bonchev–Trinajstić information content (AvgIpc) is 2.51. The lowest BCUT2D eigenvalue weighted by molar-refractivity contribution is -0.122. The van der Waals surface area contributed by atoms with Gasteiger partial charge in [0, 0.05) is 38.6 Å². The first-order valence-electron chi connectivity index (χ1n) is 8.95. The summed E-state index contributed by atoms with van der Waals surface area (Å²) < 4.78 is 0. The van der Waals surface area contributed by atoms with Crippen LogP contribution in [0.2, 0.25) is 0 Å². The van der Waals surface area contributed by atoms with Crippen LogP contribution in [-0.4, -0.2) is 55.6 Å². The second-order valence-corrected chi connectivity index (χ2v) is 7.00. The van der Waals surface area contributed by atoms with E-state index >= 15 is 0 Å². The molecule has 24 heavy (non-hydrogen) atoms. The Bertz CT molecular complexity index is 380. The molecule has 0 bridgehead atoms. The van der Waals surface area contributed by atoms with E-state index in [0.717, 1.165) is 25.9 Å². The second kappa shape index (κ2) is 12.4. The number of hydrogen-bond acceptors (Lipinski definition) is 3. The van der Waals surface area contributed by atoms with E-state index in [4.69, 9.17) is 0 Å². The number of hydrogen-bond donors (Lipinski definition) is 3. The summed E-state index contributed by atoms with van der Waals surface area (Å²) in [5, 5.41) is 9.21. The van der Waals surface area contributed by atoms with Crippen LogP contribution in [0.15, 0.2) is 0 Å². The van der Waals surface area contributed by atoms with Crippen molar-refractivity contribution >= 4 is 24.3 Å². The van der Waals surface area contributed by atoms with Gasteiger partial charge in [-0.15, -0.1) is 12.4 Å². The zero-order chi connectivity index (χ0) is 17.2. The molecule has 1 aliphatic rings. The zero-order valence-corrected chi connectivity index (χ0v) is 16.4. The molecule has 1 saturated heterocycles. The molecule has 0 aliphatic carbocycles. The second-order valence-electron chi connectivity index (χ2n) is 7.00. The molecule has 1 rings (SSSR count). The number of likely N-dealkylation sites (N-methyl/N-ethyl adjacent to an activating group) is 1. The summed E-state index contributed by atoms with van der Waals surface area (Å²) in [5.74, 6) is 0.802. The van der Waals surface area contributed by atoms with Crippen LogP contribution in [-0.2, 0) is 4.79 Å². The quantitative estimate of drug-likeness (QED) is 0.618. The van der Waals surface area contributed by atoms with Gasteiger partial charge in [-0.05, 0) is 38.1 Å². The molecule has 1 aliphatic heterocycles. The molecule has 0 aromatic rings. The molecular formula is C17H35ClN4O2. The molecule has 142 valence electrons. The van der Waals surface area contributed by atoms with Crippen LogP contribution >= 0.6 is 12.4 Å². The molecule has 0 spiro atoms. The summed E-state index contributed by atoms with van der Waals surface area (Å²) in [6.07, 6.45) is 2.50. The zero-order valence-electron chi connectivity index (χ0n) is 15.6. The molecule has 7 heteroatoms. The molecule has 0 radical (unpaired) electrons. The third-order valence-electron chi connectivity index (χ3n) is 4.10. The molecule has 1 fully saturated rings. The molecule has 0 aromatic carbocycles. The molecule has 1 unspecified atom stereocenters. The third-order valence-corrected chi connectivity index (χ3v) is 4.10. The standard InChI is InChI=1S/C17H34N4O2.ClH/c1-5-18-14(4)11-19-16(22)9-15-7-6-8-21(12-15)17(23)20-10-13(2)3;/h13-15,18H,5-12H2,1-4H3,(H,19,22)(H,20,23);1H/t14-,15?;/m1./s1. The van der Waals surface area contributed by atoms with Gasteiger partial charge in [0.05, 0.1) is 0 Å². The Morgan fingerprint density at radius 2 is 1.88 bits per heavy atom. The van der Waals surface area contributed by atoms with Crippen molar-refractivity contribution in [3.8, 4) is 0 Å². The molecular weight excluding hydrogens is 328 g/mol. The van der Waals surface area contributed by atoms with Gasteiger partial charge in [-0.1, -0.05) is 20.8 Å². The van der Waals surface area contributed by atoms with E-state index < -0.39 is 0 Å². The van der Waals surface area contributed by atoms with Crippen molar-refractivity contribution in [2.24, 2.45) is 11.8 Å². The maximum atomic E-state index is 12.1. The predicted octanol–water partition coefficient (Wildman–Crippen LogP) is 1.99. The molecule has 0 saturated carbocycles. The van der Waals surface area contributed by atoms with Crippen LogP contribution < -0.4 is 16.0 Å². The number of likely N-dealkylation sites (tertiary alicyclic amines) is 1. The fraction of sp³-hybridized carbons (Fsp3) is 0.882. The Morgan fingerprint density at radius 1 is 1.17 bits per heavy atom. The van der Waals surface area contributed by atoms with E-state index in [1.54, 1.807) is 0 Å². The first kappa shape index (κ1) is 23.0. The van der Waals surface area contributed by atoms with E-state index in [2.05, 4.69) is 43.6 Å². The minimum atomic E-state index is 0. The van der Waals surface area contributed by atoms with Gasteiger partial charge >= 0.3 is 6.03 Å². The Hall–Kier alpha value is -1.01. The summed E-state index contributed by atoms with van der Waals surface area (Å²) in [5.41, 5.74) is 0. The van der Waals surface area contributed by atoms with Gasteiger partial charge in [-0.25, -0.2) is 4.79 Å². The van der Waals surface area contributed by atoms with Crippen molar-refractivity contribution in [3.63, 3.8) is 0 Å². The number of rotatable bonds is 8. The summed E-state index contributed by atoms with van der Waals surface area (Å²) in [6, 6.07) is 0.290. The number of halogens is 1. The highest BCUT2D eigenvalue weighted by molar-refractivity contribution is 5.85. The van der Waals surface area contributed by atoms with Gasteiger partial charge in [0.15, 0.2) is 0 Å². The van der Waals surface area contributed by atoms with Crippen molar-refractivity contribution in [2.75, 3.05) is 32.7 Å². The van der Waals surface area contributed by atoms with Crippen LogP contribution in [0.5, 0.6) is 0 Å².